The largest absolute Gasteiger partial charge is 0.488 e. The minimum absolute atomic E-state index is 0.0204. The molecule has 25 heavy (non-hydrogen) atoms. The molecule has 0 saturated heterocycles. The fraction of sp³-hybridized carbons (Fsp3) is 0.0588. The monoisotopic (exact) mass is 439 g/mol. The third-order valence-corrected chi connectivity index (χ3v) is 4.00. The van der Waals surface area contributed by atoms with Gasteiger partial charge >= 0.3 is 0 Å². The summed E-state index contributed by atoms with van der Waals surface area (Å²) in [5.74, 6) is 0.222. The van der Waals surface area contributed by atoms with Crippen LogP contribution in [0.15, 0.2) is 53.0 Å². The Bertz CT molecular complexity index is 814. The minimum atomic E-state index is -0.398. The highest BCUT2D eigenvalue weighted by Crippen LogP contribution is 2.26. The van der Waals surface area contributed by atoms with E-state index in [2.05, 4.69) is 39.0 Å². The molecule has 2 rings (SSSR count). The van der Waals surface area contributed by atoms with Crippen molar-refractivity contribution in [2.75, 3.05) is 0 Å². The van der Waals surface area contributed by atoms with Crippen LogP contribution in [0.25, 0.3) is 6.08 Å². The summed E-state index contributed by atoms with van der Waals surface area (Å²) in [5, 5.41) is 0.618. The van der Waals surface area contributed by atoms with E-state index in [9.17, 15) is 4.79 Å². The van der Waals surface area contributed by atoms with Crippen LogP contribution in [0.2, 0.25) is 5.02 Å². The molecule has 0 heterocycles. The molecule has 0 spiro atoms. The molecule has 8 heteroatoms. The first kappa shape index (κ1) is 19.2. The van der Waals surface area contributed by atoms with Gasteiger partial charge in [-0.1, -0.05) is 45.7 Å². The summed E-state index contributed by atoms with van der Waals surface area (Å²) < 4.78 is 6.70. The van der Waals surface area contributed by atoms with Crippen molar-refractivity contribution in [3.8, 4) is 5.75 Å². The van der Waals surface area contributed by atoms with Gasteiger partial charge in [-0.2, -0.15) is 0 Å². The highest BCUT2D eigenvalue weighted by atomic mass is 79.9. The van der Waals surface area contributed by atoms with Crippen LogP contribution >= 0.6 is 39.7 Å². The third kappa shape index (κ3) is 6.38. The topological polar surface area (TPSA) is 76.4 Å². The second-order valence-electron chi connectivity index (χ2n) is 4.87. The summed E-state index contributed by atoms with van der Waals surface area (Å²) in [6, 6.07) is 13.0. The number of hydrogen-bond donors (Lipinski definition) is 3. The van der Waals surface area contributed by atoms with Gasteiger partial charge in [0.2, 0.25) is 0 Å². The van der Waals surface area contributed by atoms with Crippen LogP contribution in [0.4, 0.5) is 0 Å². The summed E-state index contributed by atoms with van der Waals surface area (Å²) in [7, 11) is 0. The summed E-state index contributed by atoms with van der Waals surface area (Å²) >= 11 is 14.2. The molecule has 1 amide bonds. The van der Waals surface area contributed by atoms with Crippen molar-refractivity contribution < 1.29 is 9.53 Å². The van der Waals surface area contributed by atoms with Crippen molar-refractivity contribution in [2.45, 2.75) is 6.61 Å². The van der Waals surface area contributed by atoms with Crippen molar-refractivity contribution in [2.24, 2.45) is 5.73 Å². The Kier molecular flexibility index (Phi) is 7.24. The van der Waals surface area contributed by atoms with Crippen LogP contribution in [0, 0.1) is 0 Å². The molecule has 0 atom stereocenters. The van der Waals surface area contributed by atoms with Crippen LogP contribution in [0.1, 0.15) is 11.1 Å². The second kappa shape index (κ2) is 9.41. The van der Waals surface area contributed by atoms with Gasteiger partial charge < -0.3 is 10.5 Å². The van der Waals surface area contributed by atoms with E-state index in [1.807, 2.05) is 42.5 Å². The zero-order valence-electron chi connectivity index (χ0n) is 13.0. The Hall–Kier alpha value is -2.09. The SMILES string of the molecule is NC(=S)NNC(=O)/C=C/c1cc(Br)ccc1OCc1ccccc1Cl. The number of amides is 1. The lowest BCUT2D eigenvalue weighted by atomic mass is 10.2. The molecule has 0 aliphatic carbocycles. The van der Waals surface area contributed by atoms with Crippen LogP contribution in [-0.2, 0) is 11.4 Å². The Morgan fingerprint density at radius 3 is 2.76 bits per heavy atom. The molecule has 2 aromatic rings. The van der Waals surface area contributed by atoms with E-state index >= 15 is 0 Å². The van der Waals surface area contributed by atoms with Gasteiger partial charge in [-0.05, 0) is 42.6 Å². The Morgan fingerprint density at radius 2 is 2.04 bits per heavy atom. The molecular weight excluding hydrogens is 426 g/mol. The highest BCUT2D eigenvalue weighted by molar-refractivity contribution is 9.10. The van der Waals surface area contributed by atoms with Crippen molar-refractivity contribution in [1.29, 1.82) is 0 Å². The predicted molar refractivity (Wildman–Crippen MR) is 107 cm³/mol. The first-order valence-electron chi connectivity index (χ1n) is 7.15. The maximum Gasteiger partial charge on any atom is 0.262 e. The number of rotatable bonds is 5. The lowest BCUT2D eigenvalue weighted by Gasteiger charge is -2.11. The number of hydrazine groups is 1. The molecule has 0 radical (unpaired) electrons. The zero-order valence-corrected chi connectivity index (χ0v) is 16.1. The van der Waals surface area contributed by atoms with Crippen LogP contribution < -0.4 is 21.3 Å². The summed E-state index contributed by atoms with van der Waals surface area (Å²) in [6.07, 6.45) is 2.97. The van der Waals surface area contributed by atoms with Gasteiger partial charge in [0.1, 0.15) is 12.4 Å². The Balaban J connectivity index is 2.10. The van der Waals surface area contributed by atoms with E-state index in [0.29, 0.717) is 17.4 Å². The number of carbonyl (C=O) groups is 1. The van der Waals surface area contributed by atoms with Gasteiger partial charge in [-0.3, -0.25) is 15.6 Å². The van der Waals surface area contributed by atoms with Gasteiger partial charge in [0.05, 0.1) is 0 Å². The number of thiocarbonyl (C=S) groups is 1. The highest BCUT2D eigenvalue weighted by Gasteiger charge is 2.05. The molecule has 0 bridgehead atoms. The maximum atomic E-state index is 11.7. The lowest BCUT2D eigenvalue weighted by Crippen LogP contribution is -2.43. The quantitative estimate of drug-likeness (QED) is 0.376. The van der Waals surface area contributed by atoms with E-state index in [-0.39, 0.29) is 5.11 Å². The molecule has 0 aromatic heterocycles. The van der Waals surface area contributed by atoms with E-state index < -0.39 is 5.91 Å². The van der Waals surface area contributed by atoms with Crippen LogP contribution in [-0.4, -0.2) is 11.0 Å². The number of benzene rings is 2. The van der Waals surface area contributed by atoms with Gasteiger partial charge in [-0.25, -0.2) is 0 Å². The smallest absolute Gasteiger partial charge is 0.262 e. The summed E-state index contributed by atoms with van der Waals surface area (Å²) in [5.41, 5.74) is 11.6. The third-order valence-electron chi connectivity index (χ3n) is 3.04. The van der Waals surface area contributed by atoms with Crippen molar-refractivity contribution in [1.82, 2.24) is 10.9 Å². The number of ether oxygens (including phenoxy) is 1. The van der Waals surface area contributed by atoms with Gasteiger partial charge in [-0.15, -0.1) is 0 Å². The van der Waals surface area contributed by atoms with Crippen LogP contribution in [0.3, 0.4) is 0 Å². The molecule has 0 fully saturated rings. The summed E-state index contributed by atoms with van der Waals surface area (Å²) in [6.45, 7) is 0.317. The number of nitrogens with one attached hydrogen (secondary N) is 2. The lowest BCUT2D eigenvalue weighted by molar-refractivity contribution is -0.116. The number of carbonyl (C=O) groups excluding carboxylic acids is 1. The fourth-order valence-corrected chi connectivity index (χ4v) is 2.50. The molecular formula is C17H15BrClN3O2S. The van der Waals surface area contributed by atoms with Gasteiger partial charge in [0, 0.05) is 26.7 Å². The Labute approximate surface area is 164 Å². The van der Waals surface area contributed by atoms with E-state index in [1.54, 1.807) is 6.08 Å². The molecule has 130 valence electrons. The van der Waals surface area contributed by atoms with Crippen molar-refractivity contribution >= 4 is 56.8 Å². The number of halogens is 2. The van der Waals surface area contributed by atoms with Crippen molar-refractivity contribution in [3.63, 3.8) is 0 Å². The average Bonchev–Trinajstić information content (AvgIpc) is 2.58. The molecule has 2 aromatic carbocycles. The Morgan fingerprint density at radius 1 is 1.28 bits per heavy atom. The molecule has 0 aliphatic rings. The fourth-order valence-electron chi connectivity index (χ4n) is 1.88. The summed E-state index contributed by atoms with van der Waals surface area (Å²) in [4.78, 5) is 11.7. The first-order chi connectivity index (χ1) is 12.0. The van der Waals surface area contributed by atoms with E-state index in [0.717, 1.165) is 15.6 Å². The predicted octanol–water partition coefficient (Wildman–Crippen LogP) is 3.56. The molecule has 0 aliphatic heterocycles. The van der Waals surface area contributed by atoms with Crippen LogP contribution in [0.5, 0.6) is 5.75 Å². The minimum Gasteiger partial charge on any atom is -0.488 e. The first-order valence-corrected chi connectivity index (χ1v) is 8.73. The molecule has 4 N–H and O–H groups in total. The normalized spacial score (nSPS) is 10.5. The molecule has 0 saturated carbocycles. The molecule has 5 nitrogen and oxygen atoms in total. The number of hydrogen-bond acceptors (Lipinski definition) is 3. The van der Waals surface area contributed by atoms with E-state index in [1.165, 1.54) is 6.08 Å². The maximum absolute atomic E-state index is 11.7. The van der Waals surface area contributed by atoms with Gasteiger partial charge in [0.15, 0.2) is 5.11 Å². The average molecular weight is 441 g/mol. The number of nitrogens with two attached hydrogens (primary N) is 1. The van der Waals surface area contributed by atoms with E-state index in [4.69, 9.17) is 22.1 Å². The van der Waals surface area contributed by atoms with Crippen molar-refractivity contribution in [3.05, 3.63) is 69.2 Å². The zero-order chi connectivity index (χ0) is 18.2. The second-order valence-corrected chi connectivity index (χ2v) is 6.64. The standard InChI is InChI=1S/C17H15BrClN3O2S/c18-13-6-7-15(24-10-12-3-1-2-4-14(12)19)11(9-13)5-8-16(23)21-22-17(20)25/h1-9H,10H2,(H,21,23)(H3,20,22,25)/b8-5+. The molecule has 0 unspecified atom stereocenters. The van der Waals surface area contributed by atoms with Gasteiger partial charge in [0.25, 0.3) is 5.91 Å².